The van der Waals surface area contributed by atoms with Gasteiger partial charge in [0.25, 0.3) is 0 Å². The molecule has 1 aromatic carbocycles. The van der Waals surface area contributed by atoms with E-state index < -0.39 is 5.60 Å². The van der Waals surface area contributed by atoms with Crippen LogP contribution in [-0.2, 0) is 4.79 Å². The molecule has 0 saturated carbocycles. The predicted molar refractivity (Wildman–Crippen MR) is 78.8 cm³/mol. The first-order chi connectivity index (χ1) is 8.99. The summed E-state index contributed by atoms with van der Waals surface area (Å²) in [6.45, 7) is 6.13. The van der Waals surface area contributed by atoms with Crippen LogP contribution in [0.4, 0.5) is 0 Å². The van der Waals surface area contributed by atoms with Crippen LogP contribution in [0.2, 0.25) is 0 Å². The SMILES string of the molecule is CCC(O)(CC)CNC(=O)C=Cc1cccc(C)c1. The largest absolute Gasteiger partial charge is 0.388 e. The van der Waals surface area contributed by atoms with Gasteiger partial charge in [-0.1, -0.05) is 43.7 Å². The Hall–Kier alpha value is -1.61. The lowest BCUT2D eigenvalue weighted by atomic mass is 9.98. The molecule has 0 aromatic heterocycles. The van der Waals surface area contributed by atoms with Gasteiger partial charge in [0.05, 0.1) is 5.60 Å². The highest BCUT2D eigenvalue weighted by molar-refractivity contribution is 5.91. The van der Waals surface area contributed by atoms with Gasteiger partial charge in [-0.05, 0) is 31.4 Å². The smallest absolute Gasteiger partial charge is 0.244 e. The fraction of sp³-hybridized carbons (Fsp3) is 0.438. The van der Waals surface area contributed by atoms with E-state index in [1.165, 1.54) is 6.08 Å². The highest BCUT2D eigenvalue weighted by Gasteiger charge is 2.22. The van der Waals surface area contributed by atoms with E-state index in [2.05, 4.69) is 5.32 Å². The molecule has 0 saturated heterocycles. The topological polar surface area (TPSA) is 49.3 Å². The van der Waals surface area contributed by atoms with Gasteiger partial charge in [-0.3, -0.25) is 4.79 Å². The first kappa shape index (κ1) is 15.4. The zero-order valence-corrected chi connectivity index (χ0v) is 11.9. The van der Waals surface area contributed by atoms with E-state index in [0.29, 0.717) is 12.8 Å². The normalized spacial score (nSPS) is 11.8. The van der Waals surface area contributed by atoms with Crippen molar-refractivity contribution in [1.82, 2.24) is 5.32 Å². The third-order valence-corrected chi connectivity index (χ3v) is 3.38. The second-order valence-electron chi connectivity index (χ2n) is 4.90. The molecule has 0 aliphatic heterocycles. The van der Waals surface area contributed by atoms with Crippen molar-refractivity contribution in [2.24, 2.45) is 0 Å². The molecule has 0 aliphatic rings. The summed E-state index contributed by atoms with van der Waals surface area (Å²) >= 11 is 0. The van der Waals surface area contributed by atoms with Gasteiger partial charge in [0, 0.05) is 12.6 Å². The van der Waals surface area contributed by atoms with E-state index in [1.54, 1.807) is 6.08 Å². The minimum atomic E-state index is -0.799. The lowest BCUT2D eigenvalue weighted by Crippen LogP contribution is -2.41. The average Bonchev–Trinajstić information content (AvgIpc) is 2.42. The molecule has 0 bridgehead atoms. The minimum absolute atomic E-state index is 0.179. The van der Waals surface area contributed by atoms with E-state index in [-0.39, 0.29) is 12.5 Å². The summed E-state index contributed by atoms with van der Waals surface area (Å²) in [4.78, 5) is 11.7. The molecule has 0 aliphatic carbocycles. The van der Waals surface area contributed by atoms with Crippen LogP contribution in [-0.4, -0.2) is 23.2 Å². The molecule has 0 fully saturated rings. The maximum absolute atomic E-state index is 11.7. The third-order valence-electron chi connectivity index (χ3n) is 3.38. The number of nitrogens with one attached hydrogen (secondary N) is 1. The second kappa shape index (κ2) is 7.10. The van der Waals surface area contributed by atoms with E-state index in [0.717, 1.165) is 11.1 Å². The molecule has 19 heavy (non-hydrogen) atoms. The lowest BCUT2D eigenvalue weighted by molar-refractivity contribution is -0.117. The summed E-state index contributed by atoms with van der Waals surface area (Å²) in [5.41, 5.74) is 1.36. The first-order valence-electron chi connectivity index (χ1n) is 6.74. The Kier molecular flexibility index (Phi) is 5.77. The molecule has 3 heteroatoms. The summed E-state index contributed by atoms with van der Waals surface area (Å²) in [5.74, 6) is -0.179. The molecular formula is C16H23NO2. The van der Waals surface area contributed by atoms with Gasteiger partial charge >= 0.3 is 0 Å². The van der Waals surface area contributed by atoms with Gasteiger partial charge < -0.3 is 10.4 Å². The van der Waals surface area contributed by atoms with Crippen LogP contribution < -0.4 is 5.32 Å². The van der Waals surface area contributed by atoms with Gasteiger partial charge in [0.2, 0.25) is 5.91 Å². The summed E-state index contributed by atoms with van der Waals surface area (Å²) in [6, 6.07) is 7.93. The molecule has 1 rings (SSSR count). The predicted octanol–water partition coefficient (Wildman–Crippen LogP) is 2.68. The van der Waals surface area contributed by atoms with E-state index in [9.17, 15) is 9.90 Å². The van der Waals surface area contributed by atoms with Crippen LogP contribution in [0.15, 0.2) is 30.3 Å². The molecule has 0 spiro atoms. The number of aryl methyl sites for hydroxylation is 1. The highest BCUT2D eigenvalue weighted by atomic mass is 16.3. The monoisotopic (exact) mass is 261 g/mol. The highest BCUT2D eigenvalue weighted by Crippen LogP contribution is 2.12. The van der Waals surface area contributed by atoms with Crippen LogP contribution >= 0.6 is 0 Å². The van der Waals surface area contributed by atoms with Crippen molar-refractivity contribution in [2.45, 2.75) is 39.2 Å². The molecule has 1 amide bonds. The number of hydrogen-bond donors (Lipinski definition) is 2. The average molecular weight is 261 g/mol. The lowest BCUT2D eigenvalue weighted by Gasteiger charge is -2.24. The summed E-state index contributed by atoms with van der Waals surface area (Å²) in [7, 11) is 0. The molecule has 2 N–H and O–H groups in total. The van der Waals surface area contributed by atoms with Crippen molar-refractivity contribution in [3.63, 3.8) is 0 Å². The zero-order valence-electron chi connectivity index (χ0n) is 11.9. The Balaban J connectivity index is 2.52. The summed E-state index contributed by atoms with van der Waals surface area (Å²) in [6.07, 6.45) is 4.54. The Morgan fingerprint density at radius 1 is 1.37 bits per heavy atom. The van der Waals surface area contributed by atoms with Crippen LogP contribution in [0.25, 0.3) is 6.08 Å². The first-order valence-corrected chi connectivity index (χ1v) is 6.74. The second-order valence-corrected chi connectivity index (χ2v) is 4.90. The molecule has 0 heterocycles. The molecular weight excluding hydrogens is 238 g/mol. The fourth-order valence-corrected chi connectivity index (χ4v) is 1.76. The number of carbonyl (C=O) groups is 1. The van der Waals surface area contributed by atoms with Crippen molar-refractivity contribution in [3.05, 3.63) is 41.5 Å². The third kappa shape index (κ3) is 5.26. The fourth-order valence-electron chi connectivity index (χ4n) is 1.76. The number of benzene rings is 1. The molecule has 0 unspecified atom stereocenters. The Bertz CT molecular complexity index is 448. The number of hydrogen-bond acceptors (Lipinski definition) is 2. The number of aliphatic hydroxyl groups is 1. The van der Waals surface area contributed by atoms with Crippen molar-refractivity contribution >= 4 is 12.0 Å². The number of carbonyl (C=O) groups excluding carboxylic acids is 1. The molecule has 0 atom stereocenters. The van der Waals surface area contributed by atoms with Crippen LogP contribution in [0.1, 0.15) is 37.8 Å². The molecule has 104 valence electrons. The maximum Gasteiger partial charge on any atom is 0.244 e. The van der Waals surface area contributed by atoms with Gasteiger partial charge in [-0.15, -0.1) is 0 Å². The van der Waals surface area contributed by atoms with Crippen molar-refractivity contribution in [3.8, 4) is 0 Å². The molecule has 0 radical (unpaired) electrons. The van der Waals surface area contributed by atoms with Crippen LogP contribution in [0.5, 0.6) is 0 Å². The summed E-state index contributed by atoms with van der Waals surface area (Å²) < 4.78 is 0. The van der Waals surface area contributed by atoms with E-state index in [1.807, 2.05) is 45.0 Å². The Labute approximate surface area is 115 Å². The Morgan fingerprint density at radius 2 is 2.05 bits per heavy atom. The van der Waals surface area contributed by atoms with Crippen molar-refractivity contribution in [1.29, 1.82) is 0 Å². The van der Waals surface area contributed by atoms with Gasteiger partial charge in [-0.2, -0.15) is 0 Å². The quantitative estimate of drug-likeness (QED) is 0.773. The van der Waals surface area contributed by atoms with E-state index >= 15 is 0 Å². The summed E-state index contributed by atoms with van der Waals surface area (Å²) in [5, 5.41) is 12.8. The molecule has 3 nitrogen and oxygen atoms in total. The van der Waals surface area contributed by atoms with Crippen molar-refractivity contribution in [2.75, 3.05) is 6.54 Å². The minimum Gasteiger partial charge on any atom is -0.388 e. The van der Waals surface area contributed by atoms with Gasteiger partial charge in [-0.25, -0.2) is 0 Å². The zero-order chi connectivity index (χ0) is 14.3. The van der Waals surface area contributed by atoms with Crippen LogP contribution in [0.3, 0.4) is 0 Å². The standard InChI is InChI=1S/C16H23NO2/c1-4-16(19,5-2)12-17-15(18)10-9-14-8-6-7-13(3)11-14/h6-11,19H,4-5,12H2,1-3H3,(H,17,18). The van der Waals surface area contributed by atoms with Gasteiger partial charge in [0.1, 0.15) is 0 Å². The Morgan fingerprint density at radius 3 is 2.63 bits per heavy atom. The maximum atomic E-state index is 11.7. The van der Waals surface area contributed by atoms with Crippen molar-refractivity contribution < 1.29 is 9.90 Å². The van der Waals surface area contributed by atoms with Gasteiger partial charge in [0.15, 0.2) is 0 Å². The van der Waals surface area contributed by atoms with Crippen LogP contribution in [0, 0.1) is 6.92 Å². The number of amides is 1. The number of rotatable bonds is 6. The van der Waals surface area contributed by atoms with E-state index in [4.69, 9.17) is 0 Å². The molecule has 1 aromatic rings.